The number of carbonyl (C=O) groups is 3. The number of nitrogens with zero attached hydrogens (tertiary/aromatic N) is 3. The highest BCUT2D eigenvalue weighted by molar-refractivity contribution is 5.82. The van der Waals surface area contributed by atoms with Gasteiger partial charge < -0.3 is 24.0 Å². The number of rotatable bonds is 5. The number of anilines is 1. The van der Waals surface area contributed by atoms with Crippen molar-refractivity contribution in [3.8, 4) is 0 Å². The first-order chi connectivity index (χ1) is 17.6. The van der Waals surface area contributed by atoms with Gasteiger partial charge in [0.05, 0.1) is 13.2 Å². The molecule has 9 heteroatoms. The summed E-state index contributed by atoms with van der Waals surface area (Å²) < 4.78 is 16.4. The van der Waals surface area contributed by atoms with Crippen LogP contribution in [0.3, 0.4) is 0 Å². The largest absolute Gasteiger partial charge is 0.464 e. The fraction of sp³-hybridized carbons (Fsp3) is 0.464. The van der Waals surface area contributed by atoms with Crippen LogP contribution in [0.15, 0.2) is 48.5 Å². The molecule has 4 rings (SSSR count). The van der Waals surface area contributed by atoms with Crippen LogP contribution in [0.25, 0.3) is 0 Å². The minimum Gasteiger partial charge on any atom is -0.464 e. The van der Waals surface area contributed by atoms with E-state index in [1.54, 1.807) is 16.7 Å². The van der Waals surface area contributed by atoms with Gasteiger partial charge in [0.2, 0.25) is 0 Å². The summed E-state index contributed by atoms with van der Waals surface area (Å²) in [7, 11) is 0. The van der Waals surface area contributed by atoms with Gasteiger partial charge in [-0.05, 0) is 56.5 Å². The molecule has 2 aliphatic rings. The fourth-order valence-corrected chi connectivity index (χ4v) is 4.52. The molecule has 0 saturated carbocycles. The molecule has 1 atom stereocenters. The molecule has 0 N–H and O–H groups in total. The smallest absolute Gasteiger partial charge is 0.410 e. The Labute approximate surface area is 217 Å². The maximum Gasteiger partial charge on any atom is 0.410 e. The van der Waals surface area contributed by atoms with E-state index in [0.717, 1.165) is 22.4 Å². The standard InChI is InChI=1S/C28H35N3O6/c1-5-35-25(32)24-18-29(27(34)37-28(2,3)4)13-14-31(24)23-12-11-21-16-30(17-22(21)15-23)26(33)36-19-20-9-7-6-8-10-20/h6-12,15,24H,5,13-14,16-19H2,1-4H3. The Bertz CT molecular complexity index is 1130. The first-order valence-electron chi connectivity index (χ1n) is 12.6. The number of carbonyl (C=O) groups excluding carboxylic acids is 3. The third kappa shape index (κ3) is 6.53. The molecular weight excluding hydrogens is 474 g/mol. The molecule has 0 aromatic heterocycles. The Morgan fingerprint density at radius 3 is 2.32 bits per heavy atom. The van der Waals surface area contributed by atoms with Crippen LogP contribution < -0.4 is 4.90 Å². The highest BCUT2D eigenvalue weighted by atomic mass is 16.6. The molecule has 37 heavy (non-hydrogen) atoms. The average Bonchev–Trinajstić information content (AvgIpc) is 3.30. The number of ether oxygens (including phenoxy) is 3. The number of amides is 2. The van der Waals surface area contributed by atoms with Crippen molar-refractivity contribution >= 4 is 23.8 Å². The molecule has 1 fully saturated rings. The molecule has 1 unspecified atom stereocenters. The third-order valence-corrected chi connectivity index (χ3v) is 6.30. The van der Waals surface area contributed by atoms with E-state index in [1.807, 2.05) is 74.2 Å². The first-order valence-corrected chi connectivity index (χ1v) is 12.6. The summed E-state index contributed by atoms with van der Waals surface area (Å²) in [4.78, 5) is 43.4. The molecule has 2 amide bonds. The molecule has 2 aromatic carbocycles. The quantitative estimate of drug-likeness (QED) is 0.438. The van der Waals surface area contributed by atoms with Crippen LogP contribution >= 0.6 is 0 Å². The Morgan fingerprint density at radius 1 is 0.892 bits per heavy atom. The summed E-state index contributed by atoms with van der Waals surface area (Å²) in [6.45, 7) is 9.61. The second kappa shape index (κ2) is 11.1. The van der Waals surface area contributed by atoms with Gasteiger partial charge in [0.25, 0.3) is 0 Å². The van der Waals surface area contributed by atoms with Gasteiger partial charge in [-0.25, -0.2) is 14.4 Å². The number of benzene rings is 2. The van der Waals surface area contributed by atoms with E-state index >= 15 is 0 Å². The molecule has 0 bridgehead atoms. The third-order valence-electron chi connectivity index (χ3n) is 6.30. The van der Waals surface area contributed by atoms with Crippen LogP contribution in [-0.4, -0.2) is 65.8 Å². The molecule has 9 nitrogen and oxygen atoms in total. The SMILES string of the molecule is CCOC(=O)C1CN(C(=O)OC(C)(C)C)CCN1c1ccc2c(c1)CN(C(=O)OCc1ccccc1)C2. The van der Waals surface area contributed by atoms with Crippen molar-refractivity contribution in [1.29, 1.82) is 0 Å². The van der Waals surface area contributed by atoms with Gasteiger partial charge >= 0.3 is 18.2 Å². The maximum absolute atomic E-state index is 12.9. The van der Waals surface area contributed by atoms with E-state index < -0.39 is 17.7 Å². The molecule has 198 valence electrons. The van der Waals surface area contributed by atoms with Crippen molar-refractivity contribution in [1.82, 2.24) is 9.80 Å². The lowest BCUT2D eigenvalue weighted by Gasteiger charge is -2.41. The lowest BCUT2D eigenvalue weighted by Crippen LogP contribution is -2.59. The minimum absolute atomic E-state index is 0.169. The lowest BCUT2D eigenvalue weighted by molar-refractivity contribution is -0.145. The molecule has 0 spiro atoms. The normalized spacial score (nSPS) is 17.3. The number of piperazine rings is 1. The Morgan fingerprint density at radius 2 is 1.62 bits per heavy atom. The zero-order valence-electron chi connectivity index (χ0n) is 21.9. The average molecular weight is 510 g/mol. The molecule has 2 aliphatic heterocycles. The molecule has 2 aromatic rings. The summed E-state index contributed by atoms with van der Waals surface area (Å²) in [5, 5.41) is 0. The summed E-state index contributed by atoms with van der Waals surface area (Å²) in [6, 6.07) is 14.9. The monoisotopic (exact) mass is 509 g/mol. The second-order valence-electron chi connectivity index (χ2n) is 10.2. The van der Waals surface area contributed by atoms with Crippen LogP contribution in [0.2, 0.25) is 0 Å². The summed E-state index contributed by atoms with van der Waals surface area (Å²) in [5.74, 6) is -0.387. The second-order valence-corrected chi connectivity index (χ2v) is 10.2. The molecule has 1 saturated heterocycles. The molecule has 0 aliphatic carbocycles. The van der Waals surface area contributed by atoms with Crippen molar-refractivity contribution < 1.29 is 28.6 Å². The van der Waals surface area contributed by atoms with Crippen LogP contribution in [0.5, 0.6) is 0 Å². The predicted octanol–water partition coefficient (Wildman–Crippen LogP) is 4.33. The van der Waals surface area contributed by atoms with Gasteiger partial charge in [-0.15, -0.1) is 0 Å². The van der Waals surface area contributed by atoms with Crippen molar-refractivity contribution in [3.05, 3.63) is 65.2 Å². The summed E-state index contributed by atoms with van der Waals surface area (Å²) in [5.41, 5.74) is 3.21. The van der Waals surface area contributed by atoms with Crippen LogP contribution in [0.1, 0.15) is 44.4 Å². The van der Waals surface area contributed by atoms with E-state index in [-0.39, 0.29) is 31.8 Å². The maximum atomic E-state index is 12.9. The van der Waals surface area contributed by atoms with Crippen LogP contribution in [0.4, 0.5) is 15.3 Å². The number of hydrogen-bond acceptors (Lipinski definition) is 7. The Balaban J connectivity index is 1.44. The Kier molecular flexibility index (Phi) is 7.90. The van der Waals surface area contributed by atoms with Gasteiger partial charge in [0, 0.05) is 31.9 Å². The van der Waals surface area contributed by atoms with Crippen LogP contribution in [0, 0.1) is 0 Å². The number of esters is 1. The number of fused-ring (bicyclic) bond motifs is 1. The highest BCUT2D eigenvalue weighted by Gasteiger charge is 2.37. The summed E-state index contributed by atoms with van der Waals surface area (Å²) >= 11 is 0. The minimum atomic E-state index is -0.660. The van der Waals surface area contributed by atoms with E-state index in [1.165, 1.54) is 0 Å². The number of hydrogen-bond donors (Lipinski definition) is 0. The fourth-order valence-electron chi connectivity index (χ4n) is 4.52. The predicted molar refractivity (Wildman–Crippen MR) is 138 cm³/mol. The molecule has 2 heterocycles. The first kappa shape index (κ1) is 26.3. The highest BCUT2D eigenvalue weighted by Crippen LogP contribution is 2.30. The van der Waals surface area contributed by atoms with E-state index in [9.17, 15) is 14.4 Å². The Hall–Kier alpha value is -3.75. The van der Waals surface area contributed by atoms with Gasteiger partial charge in [0.1, 0.15) is 18.2 Å². The topological polar surface area (TPSA) is 88.6 Å². The van der Waals surface area contributed by atoms with Gasteiger partial charge in [-0.1, -0.05) is 36.4 Å². The van der Waals surface area contributed by atoms with E-state index in [0.29, 0.717) is 26.2 Å². The molecular formula is C28H35N3O6. The van der Waals surface area contributed by atoms with Gasteiger partial charge in [-0.3, -0.25) is 4.90 Å². The van der Waals surface area contributed by atoms with Gasteiger partial charge in [-0.2, -0.15) is 0 Å². The zero-order valence-corrected chi connectivity index (χ0v) is 21.9. The van der Waals surface area contributed by atoms with Crippen molar-refractivity contribution in [3.63, 3.8) is 0 Å². The van der Waals surface area contributed by atoms with Crippen molar-refractivity contribution in [2.75, 3.05) is 31.1 Å². The van der Waals surface area contributed by atoms with Gasteiger partial charge in [0.15, 0.2) is 0 Å². The molecule has 0 radical (unpaired) electrons. The zero-order chi connectivity index (χ0) is 26.6. The summed E-state index contributed by atoms with van der Waals surface area (Å²) in [6.07, 6.45) is -0.808. The van der Waals surface area contributed by atoms with E-state index in [2.05, 4.69) is 0 Å². The van der Waals surface area contributed by atoms with Crippen molar-refractivity contribution in [2.45, 2.75) is 59.0 Å². The van der Waals surface area contributed by atoms with Crippen molar-refractivity contribution in [2.24, 2.45) is 0 Å². The van der Waals surface area contributed by atoms with E-state index in [4.69, 9.17) is 14.2 Å². The van der Waals surface area contributed by atoms with Crippen LogP contribution in [-0.2, 0) is 38.7 Å². The lowest BCUT2D eigenvalue weighted by atomic mass is 10.1.